The van der Waals surface area contributed by atoms with Crippen molar-refractivity contribution >= 4 is 11.8 Å². The standard InChI is InChI=1S/C24H26N4O4/c1-15-3-6-19(13-25-15)18-7-4-17(5-8-18)12-26-24(31)22-10-20(29)14-28(22)23(30)11-21-9-16(2)27-32-21/h3-9,13,20,22,29H,10-12,14H2,1-2H3,(H,26,31). The van der Waals surface area contributed by atoms with Crippen LogP contribution in [0.2, 0.25) is 0 Å². The molecule has 32 heavy (non-hydrogen) atoms. The number of aliphatic hydroxyl groups excluding tert-OH is 1. The number of aromatic nitrogens is 2. The summed E-state index contributed by atoms with van der Waals surface area (Å²) >= 11 is 0. The molecule has 1 saturated heterocycles. The maximum Gasteiger partial charge on any atom is 0.243 e. The van der Waals surface area contributed by atoms with E-state index in [9.17, 15) is 14.7 Å². The fraction of sp³-hybridized carbons (Fsp3) is 0.333. The van der Waals surface area contributed by atoms with Crippen LogP contribution in [0, 0.1) is 13.8 Å². The molecule has 3 heterocycles. The molecule has 1 fully saturated rings. The minimum Gasteiger partial charge on any atom is -0.391 e. The molecular weight excluding hydrogens is 408 g/mol. The van der Waals surface area contributed by atoms with E-state index in [-0.39, 0.29) is 31.2 Å². The number of carbonyl (C=O) groups is 2. The van der Waals surface area contributed by atoms with Gasteiger partial charge >= 0.3 is 0 Å². The van der Waals surface area contributed by atoms with E-state index in [2.05, 4.69) is 15.5 Å². The second kappa shape index (κ2) is 9.32. The van der Waals surface area contributed by atoms with Crippen molar-refractivity contribution < 1.29 is 19.2 Å². The SMILES string of the molecule is Cc1ccc(-c2ccc(CNC(=O)C3CC(O)CN3C(=O)Cc3cc(C)no3)cc2)cn1. The molecular formula is C24H26N4O4. The molecule has 4 rings (SSSR count). The molecule has 0 saturated carbocycles. The van der Waals surface area contributed by atoms with E-state index in [1.807, 2.05) is 49.5 Å². The Balaban J connectivity index is 1.35. The highest BCUT2D eigenvalue weighted by Crippen LogP contribution is 2.21. The normalized spacial score (nSPS) is 18.0. The lowest BCUT2D eigenvalue weighted by Gasteiger charge is -2.23. The van der Waals surface area contributed by atoms with Crippen LogP contribution in [-0.4, -0.2) is 50.7 Å². The number of carbonyl (C=O) groups excluding carboxylic acids is 2. The van der Waals surface area contributed by atoms with Crippen LogP contribution in [0.25, 0.3) is 11.1 Å². The molecule has 1 aromatic carbocycles. The first-order chi connectivity index (χ1) is 15.4. The van der Waals surface area contributed by atoms with Gasteiger partial charge in [-0.05, 0) is 31.0 Å². The van der Waals surface area contributed by atoms with Gasteiger partial charge in [-0.3, -0.25) is 14.6 Å². The molecule has 0 aliphatic carbocycles. The van der Waals surface area contributed by atoms with Gasteiger partial charge in [0, 0.05) is 43.0 Å². The summed E-state index contributed by atoms with van der Waals surface area (Å²) in [6, 6.07) is 12.9. The third-order valence-corrected chi connectivity index (χ3v) is 5.57. The Labute approximate surface area is 186 Å². The molecule has 2 unspecified atom stereocenters. The Morgan fingerprint density at radius 3 is 2.53 bits per heavy atom. The van der Waals surface area contributed by atoms with Gasteiger partial charge in [-0.1, -0.05) is 35.5 Å². The summed E-state index contributed by atoms with van der Waals surface area (Å²) in [6.07, 6.45) is 1.33. The number of nitrogens with one attached hydrogen (secondary N) is 1. The lowest BCUT2D eigenvalue weighted by Crippen LogP contribution is -2.46. The number of rotatable bonds is 6. The van der Waals surface area contributed by atoms with E-state index in [1.165, 1.54) is 4.90 Å². The number of aliphatic hydroxyl groups is 1. The molecule has 2 aromatic heterocycles. The van der Waals surface area contributed by atoms with Crippen molar-refractivity contribution in [1.82, 2.24) is 20.4 Å². The molecule has 2 N–H and O–H groups in total. The van der Waals surface area contributed by atoms with Crippen LogP contribution in [0.4, 0.5) is 0 Å². The fourth-order valence-corrected chi connectivity index (χ4v) is 3.85. The number of pyridine rings is 1. The number of likely N-dealkylation sites (tertiary alicyclic amines) is 1. The minimum absolute atomic E-state index is 0.00662. The summed E-state index contributed by atoms with van der Waals surface area (Å²) in [5.74, 6) is -0.110. The van der Waals surface area contributed by atoms with Gasteiger partial charge in [-0.2, -0.15) is 0 Å². The Bertz CT molecular complexity index is 1090. The zero-order chi connectivity index (χ0) is 22.7. The second-order valence-electron chi connectivity index (χ2n) is 8.17. The molecule has 2 amide bonds. The number of hydrogen-bond donors (Lipinski definition) is 2. The fourth-order valence-electron chi connectivity index (χ4n) is 3.85. The van der Waals surface area contributed by atoms with Crippen molar-refractivity contribution in [2.75, 3.05) is 6.54 Å². The van der Waals surface area contributed by atoms with Crippen molar-refractivity contribution in [3.05, 3.63) is 71.4 Å². The highest BCUT2D eigenvalue weighted by molar-refractivity contribution is 5.89. The van der Waals surface area contributed by atoms with E-state index >= 15 is 0 Å². The maximum absolute atomic E-state index is 12.8. The average Bonchev–Trinajstić information content (AvgIpc) is 3.38. The summed E-state index contributed by atoms with van der Waals surface area (Å²) in [5.41, 5.74) is 4.67. The van der Waals surface area contributed by atoms with Crippen LogP contribution in [-0.2, 0) is 22.6 Å². The van der Waals surface area contributed by atoms with Gasteiger partial charge < -0.3 is 19.8 Å². The third-order valence-electron chi connectivity index (χ3n) is 5.57. The first-order valence-electron chi connectivity index (χ1n) is 10.6. The van der Waals surface area contributed by atoms with E-state index in [4.69, 9.17) is 4.52 Å². The number of hydrogen-bond acceptors (Lipinski definition) is 6. The number of nitrogens with zero attached hydrogens (tertiary/aromatic N) is 3. The quantitative estimate of drug-likeness (QED) is 0.616. The molecule has 0 spiro atoms. The van der Waals surface area contributed by atoms with E-state index in [0.29, 0.717) is 18.0 Å². The lowest BCUT2D eigenvalue weighted by atomic mass is 10.1. The molecule has 1 aliphatic rings. The third kappa shape index (κ3) is 5.03. The van der Waals surface area contributed by atoms with Gasteiger partial charge in [0.2, 0.25) is 11.8 Å². The van der Waals surface area contributed by atoms with Crippen LogP contribution < -0.4 is 5.32 Å². The molecule has 0 radical (unpaired) electrons. The Morgan fingerprint density at radius 2 is 1.88 bits per heavy atom. The summed E-state index contributed by atoms with van der Waals surface area (Å²) in [4.78, 5) is 31.2. The average molecular weight is 434 g/mol. The van der Waals surface area contributed by atoms with Gasteiger partial charge in [-0.25, -0.2) is 0 Å². The Kier molecular flexibility index (Phi) is 6.32. The van der Waals surface area contributed by atoms with E-state index < -0.39 is 12.1 Å². The van der Waals surface area contributed by atoms with Crippen molar-refractivity contribution in [3.8, 4) is 11.1 Å². The minimum atomic E-state index is -0.728. The van der Waals surface area contributed by atoms with Crippen LogP contribution in [0.5, 0.6) is 0 Å². The first kappa shape index (κ1) is 21.7. The number of β-amino-alcohol motifs (C(OH)–C–C–N with tert-alkyl or cyclic N) is 1. The van der Waals surface area contributed by atoms with Gasteiger partial charge in [0.25, 0.3) is 0 Å². The van der Waals surface area contributed by atoms with Crippen molar-refractivity contribution in [1.29, 1.82) is 0 Å². The van der Waals surface area contributed by atoms with Crippen molar-refractivity contribution in [2.45, 2.75) is 45.4 Å². The Morgan fingerprint density at radius 1 is 1.12 bits per heavy atom. The number of amides is 2. The summed E-state index contributed by atoms with van der Waals surface area (Å²) in [5, 5.41) is 16.7. The summed E-state index contributed by atoms with van der Waals surface area (Å²) < 4.78 is 5.11. The molecule has 166 valence electrons. The molecule has 8 nitrogen and oxygen atoms in total. The highest BCUT2D eigenvalue weighted by Gasteiger charge is 2.38. The Hall–Kier alpha value is -3.52. The van der Waals surface area contributed by atoms with Crippen molar-refractivity contribution in [2.24, 2.45) is 0 Å². The molecule has 3 aromatic rings. The largest absolute Gasteiger partial charge is 0.391 e. The first-order valence-corrected chi connectivity index (χ1v) is 10.6. The molecule has 2 atom stereocenters. The van der Waals surface area contributed by atoms with Gasteiger partial charge in [0.1, 0.15) is 11.8 Å². The topological polar surface area (TPSA) is 109 Å². The van der Waals surface area contributed by atoms with Crippen LogP contribution in [0.1, 0.15) is 29.1 Å². The lowest BCUT2D eigenvalue weighted by molar-refractivity contribution is -0.138. The van der Waals surface area contributed by atoms with Crippen LogP contribution in [0.15, 0.2) is 53.2 Å². The number of benzene rings is 1. The molecule has 8 heteroatoms. The molecule has 0 bridgehead atoms. The second-order valence-corrected chi connectivity index (χ2v) is 8.17. The zero-order valence-electron chi connectivity index (χ0n) is 18.1. The van der Waals surface area contributed by atoms with Gasteiger partial charge in [0.15, 0.2) is 0 Å². The highest BCUT2D eigenvalue weighted by atomic mass is 16.5. The zero-order valence-corrected chi connectivity index (χ0v) is 18.1. The monoisotopic (exact) mass is 434 g/mol. The van der Waals surface area contributed by atoms with Crippen molar-refractivity contribution in [3.63, 3.8) is 0 Å². The van der Waals surface area contributed by atoms with E-state index in [1.54, 1.807) is 13.0 Å². The molecule has 1 aliphatic heterocycles. The predicted molar refractivity (Wildman–Crippen MR) is 117 cm³/mol. The number of aryl methyl sites for hydroxylation is 2. The smallest absolute Gasteiger partial charge is 0.243 e. The van der Waals surface area contributed by atoms with Gasteiger partial charge in [-0.15, -0.1) is 0 Å². The summed E-state index contributed by atoms with van der Waals surface area (Å²) in [7, 11) is 0. The van der Waals surface area contributed by atoms with Crippen LogP contribution >= 0.6 is 0 Å². The predicted octanol–water partition coefficient (Wildman–Crippen LogP) is 2.17. The van der Waals surface area contributed by atoms with E-state index in [0.717, 1.165) is 22.4 Å². The maximum atomic E-state index is 12.8. The van der Waals surface area contributed by atoms with Crippen LogP contribution in [0.3, 0.4) is 0 Å². The van der Waals surface area contributed by atoms with Gasteiger partial charge in [0.05, 0.1) is 18.2 Å². The summed E-state index contributed by atoms with van der Waals surface area (Å²) in [6.45, 7) is 4.19.